The van der Waals surface area contributed by atoms with Gasteiger partial charge in [0.15, 0.2) is 4.33 Å². The van der Waals surface area contributed by atoms with Crippen LogP contribution in [0.15, 0.2) is 22.2 Å². The summed E-state index contributed by atoms with van der Waals surface area (Å²) in [5, 5.41) is 0.113. The van der Waals surface area contributed by atoms with Crippen LogP contribution in [0.3, 0.4) is 0 Å². The largest absolute Gasteiger partial charge is 0.312 e. The predicted octanol–water partition coefficient (Wildman–Crippen LogP) is 5.42. The van der Waals surface area contributed by atoms with Crippen molar-refractivity contribution in [3.8, 4) is 0 Å². The molecule has 1 saturated carbocycles. The molecule has 0 aromatic rings. The molecule has 5 atom stereocenters. The van der Waals surface area contributed by atoms with Gasteiger partial charge in [-0.25, -0.2) is 0 Å². The first kappa shape index (κ1) is 18.8. The maximum Gasteiger partial charge on any atom is 0.167 e. The summed E-state index contributed by atoms with van der Waals surface area (Å²) in [5.74, 6) is -0.470. The zero-order valence-corrected chi connectivity index (χ0v) is 16.8. The lowest BCUT2D eigenvalue weighted by atomic mass is 9.84. The highest BCUT2D eigenvalue weighted by Gasteiger charge is 2.83. The smallest absolute Gasteiger partial charge is 0.167 e. The molecular weight excluding hydrogens is 418 g/mol. The van der Waals surface area contributed by atoms with Gasteiger partial charge in [-0.3, -0.25) is 0 Å². The monoisotopic (exact) mass is 429 g/mol. The molecule has 2 bridgehead atoms. The van der Waals surface area contributed by atoms with E-state index in [1.54, 1.807) is 0 Å². The van der Waals surface area contributed by atoms with Gasteiger partial charge in [-0.15, -0.1) is 34.8 Å². The number of nitrogens with zero attached hydrogens (tertiary/aromatic N) is 1. The van der Waals surface area contributed by atoms with E-state index in [0.717, 1.165) is 0 Å². The van der Waals surface area contributed by atoms with Gasteiger partial charge < -0.3 is 4.90 Å². The van der Waals surface area contributed by atoms with Gasteiger partial charge in [0.2, 0.25) is 0 Å². The molecule has 0 heterocycles. The third-order valence-electron chi connectivity index (χ3n) is 3.90. The molecular formula is C13H14Cl7N. The maximum atomic E-state index is 6.57. The average Bonchev–Trinajstić information content (AvgIpc) is 2.83. The van der Waals surface area contributed by atoms with E-state index in [4.69, 9.17) is 81.2 Å². The Kier molecular flexibility index (Phi) is 5.17. The molecule has 5 unspecified atom stereocenters. The van der Waals surface area contributed by atoms with Crippen molar-refractivity contribution in [2.75, 3.05) is 21.1 Å². The van der Waals surface area contributed by atoms with E-state index in [1.165, 1.54) is 0 Å². The lowest BCUT2D eigenvalue weighted by molar-refractivity contribution is 0.420. The van der Waals surface area contributed by atoms with Gasteiger partial charge in [0.05, 0.1) is 15.4 Å². The molecule has 8 heteroatoms. The van der Waals surface area contributed by atoms with Crippen molar-refractivity contribution in [2.45, 2.75) is 19.5 Å². The molecule has 3 rings (SSSR count). The van der Waals surface area contributed by atoms with E-state index in [0.29, 0.717) is 0 Å². The Labute approximate surface area is 160 Å². The van der Waals surface area contributed by atoms with Crippen molar-refractivity contribution in [1.29, 1.82) is 0 Å². The van der Waals surface area contributed by atoms with Crippen LogP contribution >= 0.6 is 81.2 Å². The zero-order chi connectivity index (χ0) is 16.4. The highest BCUT2D eigenvalue weighted by molar-refractivity contribution is 6.66. The van der Waals surface area contributed by atoms with Gasteiger partial charge in [0.25, 0.3) is 0 Å². The summed E-state index contributed by atoms with van der Waals surface area (Å²) in [4.78, 5) is -0.446. The molecule has 0 aliphatic heterocycles. The SMILES string of the molecule is CN(C)C.ClC1=C(Cl)C2(Cl)C3C(Cl)C=CC3C1(Cl)C2(Cl)Cl. The highest BCUT2D eigenvalue weighted by Crippen LogP contribution is 2.78. The summed E-state index contributed by atoms with van der Waals surface area (Å²) in [5.41, 5.74) is 0. The minimum absolute atomic E-state index is 0.205. The summed E-state index contributed by atoms with van der Waals surface area (Å²) in [6.07, 6.45) is 3.69. The van der Waals surface area contributed by atoms with E-state index in [-0.39, 0.29) is 27.3 Å². The first-order chi connectivity index (χ1) is 9.44. The number of hydrogen-bond donors (Lipinski definition) is 0. The number of rotatable bonds is 0. The van der Waals surface area contributed by atoms with E-state index >= 15 is 0 Å². The third-order valence-corrected chi connectivity index (χ3v) is 8.61. The lowest BCUT2D eigenvalue weighted by Crippen LogP contribution is -2.45. The first-order valence-electron chi connectivity index (χ1n) is 6.19. The molecule has 0 spiro atoms. The van der Waals surface area contributed by atoms with Crippen LogP contribution in [0.25, 0.3) is 0 Å². The van der Waals surface area contributed by atoms with E-state index in [2.05, 4.69) is 0 Å². The second-order valence-corrected chi connectivity index (χ2v) is 9.63. The van der Waals surface area contributed by atoms with Crippen molar-refractivity contribution < 1.29 is 0 Å². The molecule has 3 aliphatic rings. The zero-order valence-electron chi connectivity index (χ0n) is 11.5. The molecule has 0 saturated heterocycles. The normalized spacial score (nSPS) is 46.0. The minimum Gasteiger partial charge on any atom is -0.312 e. The molecule has 0 aromatic carbocycles. The molecule has 0 amide bonds. The van der Waals surface area contributed by atoms with Gasteiger partial charge in [0, 0.05) is 11.8 Å². The summed E-state index contributed by atoms with van der Waals surface area (Å²) in [7, 11) is 6.00. The van der Waals surface area contributed by atoms with Crippen LogP contribution in [-0.4, -0.2) is 45.5 Å². The van der Waals surface area contributed by atoms with Gasteiger partial charge in [-0.05, 0) is 21.1 Å². The number of hydrogen-bond acceptors (Lipinski definition) is 1. The van der Waals surface area contributed by atoms with Crippen LogP contribution in [-0.2, 0) is 0 Å². The van der Waals surface area contributed by atoms with Gasteiger partial charge >= 0.3 is 0 Å². The molecule has 3 aliphatic carbocycles. The van der Waals surface area contributed by atoms with Crippen LogP contribution in [0.2, 0.25) is 0 Å². The van der Waals surface area contributed by atoms with Gasteiger partial charge in [-0.2, -0.15) is 0 Å². The second kappa shape index (κ2) is 5.77. The minimum atomic E-state index is -1.48. The van der Waals surface area contributed by atoms with Crippen molar-refractivity contribution in [2.24, 2.45) is 11.8 Å². The van der Waals surface area contributed by atoms with Crippen LogP contribution in [0.4, 0.5) is 0 Å². The van der Waals surface area contributed by atoms with Crippen LogP contribution in [0.5, 0.6) is 0 Å². The molecule has 0 aromatic heterocycles. The van der Waals surface area contributed by atoms with E-state index in [9.17, 15) is 0 Å². The Morgan fingerprint density at radius 1 is 0.905 bits per heavy atom. The van der Waals surface area contributed by atoms with Crippen molar-refractivity contribution in [1.82, 2.24) is 4.90 Å². The Bertz CT molecular complexity index is 512. The van der Waals surface area contributed by atoms with Gasteiger partial charge in [0.1, 0.15) is 9.75 Å². The van der Waals surface area contributed by atoms with Gasteiger partial charge in [-0.1, -0.05) is 58.6 Å². The molecule has 0 N–H and O–H groups in total. The van der Waals surface area contributed by atoms with Crippen LogP contribution < -0.4 is 0 Å². The number of allylic oxidation sites excluding steroid dienone is 4. The molecule has 1 fully saturated rings. The summed E-state index contributed by atoms with van der Waals surface area (Å²) >= 11 is 44.5. The molecule has 120 valence electrons. The van der Waals surface area contributed by atoms with Crippen molar-refractivity contribution >= 4 is 81.2 Å². The standard InChI is InChI=1S/C10H5Cl7.C3H9N/c11-4-2-1-3-5(4)9(15)7(13)6(12)8(3,14)10(9,16)17;1-4(2)3/h1-5H;1-3H3. The second-order valence-electron chi connectivity index (χ2n) is 5.85. The fraction of sp³-hybridized carbons (Fsp3) is 0.692. The highest BCUT2D eigenvalue weighted by atomic mass is 35.5. The first-order valence-corrected chi connectivity index (χ1v) is 8.89. The van der Waals surface area contributed by atoms with Crippen molar-refractivity contribution in [3.05, 3.63) is 22.2 Å². The van der Waals surface area contributed by atoms with Crippen LogP contribution in [0, 0.1) is 11.8 Å². The molecule has 21 heavy (non-hydrogen) atoms. The Hall–Kier alpha value is 1.47. The number of halogens is 7. The average molecular weight is 432 g/mol. The molecule has 1 nitrogen and oxygen atoms in total. The Balaban J connectivity index is 0.000000361. The topological polar surface area (TPSA) is 3.24 Å². The molecule has 0 radical (unpaired) electrons. The van der Waals surface area contributed by atoms with E-state index < -0.39 is 14.1 Å². The lowest BCUT2D eigenvalue weighted by Gasteiger charge is -2.34. The summed E-state index contributed by atoms with van der Waals surface area (Å²) < 4.78 is -1.48. The Morgan fingerprint density at radius 2 is 1.33 bits per heavy atom. The Morgan fingerprint density at radius 3 is 1.81 bits per heavy atom. The fourth-order valence-electron chi connectivity index (χ4n) is 3.08. The predicted molar refractivity (Wildman–Crippen MR) is 95.7 cm³/mol. The third kappa shape index (κ3) is 2.23. The number of fused-ring (bicyclic) bond motifs is 5. The summed E-state index contributed by atoms with van der Waals surface area (Å²) in [6.45, 7) is 0. The summed E-state index contributed by atoms with van der Waals surface area (Å²) in [6, 6.07) is 0. The van der Waals surface area contributed by atoms with Crippen molar-refractivity contribution in [3.63, 3.8) is 0 Å². The maximum absolute atomic E-state index is 6.57. The number of alkyl halides is 5. The van der Waals surface area contributed by atoms with E-state index in [1.807, 2.05) is 38.2 Å². The fourth-order valence-corrected chi connectivity index (χ4v) is 6.60. The quantitative estimate of drug-likeness (QED) is 0.365. The van der Waals surface area contributed by atoms with Crippen LogP contribution in [0.1, 0.15) is 0 Å².